The van der Waals surface area contributed by atoms with Gasteiger partial charge in [0.25, 0.3) is 0 Å². The molecule has 6 heteroatoms. The number of nitrogen functional groups attached to an aromatic ring is 1. The minimum absolute atomic E-state index is 0.136. The Morgan fingerprint density at radius 3 is 2.58 bits per heavy atom. The van der Waals surface area contributed by atoms with Gasteiger partial charge in [0, 0.05) is 16.6 Å². The summed E-state index contributed by atoms with van der Waals surface area (Å²) in [6, 6.07) is 6.96. The molecule has 100 valence electrons. The molecule has 0 aliphatic heterocycles. The molecule has 0 aliphatic rings. The standard InChI is InChI=1S/C13H14ClN3OS/c1-7(2)16-13-17-12(15)11(19-13)10(18)8-3-5-9(14)6-4-8/h3-7H,15H2,1-2H3,(H,16,17). The first kappa shape index (κ1) is 13.8. The van der Waals surface area contributed by atoms with Crippen molar-refractivity contribution in [1.82, 2.24) is 4.98 Å². The molecule has 1 aromatic heterocycles. The molecule has 0 saturated heterocycles. The molecule has 0 unspecified atom stereocenters. The van der Waals surface area contributed by atoms with Crippen LogP contribution in [0, 0.1) is 0 Å². The van der Waals surface area contributed by atoms with Gasteiger partial charge in [-0.25, -0.2) is 4.98 Å². The van der Waals surface area contributed by atoms with Crippen LogP contribution in [0.2, 0.25) is 5.02 Å². The van der Waals surface area contributed by atoms with Gasteiger partial charge in [-0.15, -0.1) is 0 Å². The number of halogens is 1. The van der Waals surface area contributed by atoms with Gasteiger partial charge in [-0.1, -0.05) is 22.9 Å². The highest BCUT2D eigenvalue weighted by Crippen LogP contribution is 2.28. The Morgan fingerprint density at radius 2 is 2.00 bits per heavy atom. The number of carbonyl (C=O) groups excluding carboxylic acids is 1. The third-order valence-electron chi connectivity index (χ3n) is 2.38. The van der Waals surface area contributed by atoms with E-state index in [-0.39, 0.29) is 17.6 Å². The normalized spacial score (nSPS) is 10.7. The number of thiazole rings is 1. The van der Waals surface area contributed by atoms with E-state index in [1.54, 1.807) is 24.3 Å². The van der Waals surface area contributed by atoms with E-state index in [0.717, 1.165) is 0 Å². The fourth-order valence-corrected chi connectivity index (χ4v) is 2.65. The van der Waals surface area contributed by atoms with E-state index < -0.39 is 0 Å². The quantitative estimate of drug-likeness (QED) is 0.848. The Labute approximate surface area is 120 Å². The second-order valence-electron chi connectivity index (χ2n) is 4.37. The fourth-order valence-electron chi connectivity index (χ4n) is 1.54. The molecule has 3 N–H and O–H groups in total. The number of benzene rings is 1. The van der Waals surface area contributed by atoms with Crippen molar-refractivity contribution < 1.29 is 4.79 Å². The monoisotopic (exact) mass is 295 g/mol. The van der Waals surface area contributed by atoms with Crippen LogP contribution in [0.1, 0.15) is 29.1 Å². The maximum absolute atomic E-state index is 12.3. The molecular weight excluding hydrogens is 282 g/mol. The minimum atomic E-state index is -0.136. The number of nitrogens with zero attached hydrogens (tertiary/aromatic N) is 1. The van der Waals surface area contributed by atoms with Crippen molar-refractivity contribution in [3.8, 4) is 0 Å². The summed E-state index contributed by atoms with van der Waals surface area (Å²) in [6.45, 7) is 4.00. The van der Waals surface area contributed by atoms with Crippen LogP contribution in [0.15, 0.2) is 24.3 Å². The zero-order valence-electron chi connectivity index (χ0n) is 10.6. The van der Waals surface area contributed by atoms with E-state index >= 15 is 0 Å². The molecule has 0 aliphatic carbocycles. The van der Waals surface area contributed by atoms with Gasteiger partial charge in [0.1, 0.15) is 10.7 Å². The van der Waals surface area contributed by atoms with Gasteiger partial charge < -0.3 is 11.1 Å². The molecule has 1 heterocycles. The zero-order valence-corrected chi connectivity index (χ0v) is 12.2. The highest BCUT2D eigenvalue weighted by atomic mass is 35.5. The van der Waals surface area contributed by atoms with Crippen LogP contribution in [0.4, 0.5) is 10.9 Å². The summed E-state index contributed by atoms with van der Waals surface area (Å²) in [4.78, 5) is 16.9. The highest BCUT2D eigenvalue weighted by Gasteiger charge is 2.18. The zero-order chi connectivity index (χ0) is 14.0. The van der Waals surface area contributed by atoms with Crippen LogP contribution >= 0.6 is 22.9 Å². The SMILES string of the molecule is CC(C)Nc1nc(N)c(C(=O)c2ccc(Cl)cc2)s1. The Morgan fingerprint density at radius 1 is 1.37 bits per heavy atom. The number of nitrogens with one attached hydrogen (secondary N) is 1. The number of carbonyl (C=O) groups is 1. The summed E-state index contributed by atoms with van der Waals surface area (Å²) < 4.78 is 0. The predicted molar refractivity (Wildman–Crippen MR) is 80.2 cm³/mol. The van der Waals surface area contributed by atoms with Gasteiger partial charge in [0.15, 0.2) is 5.13 Å². The van der Waals surface area contributed by atoms with Gasteiger partial charge in [-0.2, -0.15) is 0 Å². The lowest BCUT2D eigenvalue weighted by atomic mass is 10.1. The number of hydrogen-bond donors (Lipinski definition) is 2. The molecule has 19 heavy (non-hydrogen) atoms. The summed E-state index contributed by atoms with van der Waals surface area (Å²) in [7, 11) is 0. The second kappa shape index (κ2) is 5.59. The van der Waals surface area contributed by atoms with Crippen LogP contribution in [0.5, 0.6) is 0 Å². The fraction of sp³-hybridized carbons (Fsp3) is 0.231. The summed E-state index contributed by atoms with van der Waals surface area (Å²) >= 11 is 7.06. The van der Waals surface area contributed by atoms with Crippen LogP contribution in [0.25, 0.3) is 0 Å². The Kier molecular flexibility index (Phi) is 4.07. The Balaban J connectivity index is 2.28. The molecule has 2 rings (SSSR count). The Bertz CT molecular complexity index is 592. The van der Waals surface area contributed by atoms with E-state index in [4.69, 9.17) is 17.3 Å². The minimum Gasteiger partial charge on any atom is -0.382 e. The Hall–Kier alpha value is -1.59. The first-order valence-electron chi connectivity index (χ1n) is 5.80. The topological polar surface area (TPSA) is 68.0 Å². The third-order valence-corrected chi connectivity index (χ3v) is 3.63. The van der Waals surface area contributed by atoms with Crippen molar-refractivity contribution in [2.45, 2.75) is 19.9 Å². The molecule has 4 nitrogen and oxygen atoms in total. The molecule has 0 spiro atoms. The van der Waals surface area contributed by atoms with Crippen molar-refractivity contribution in [3.05, 3.63) is 39.7 Å². The smallest absolute Gasteiger partial charge is 0.206 e. The maximum Gasteiger partial charge on any atom is 0.206 e. The molecule has 0 saturated carbocycles. The largest absolute Gasteiger partial charge is 0.382 e. The lowest BCUT2D eigenvalue weighted by Gasteiger charge is -2.03. The number of hydrogen-bond acceptors (Lipinski definition) is 5. The first-order chi connectivity index (χ1) is 8.97. The maximum atomic E-state index is 12.3. The molecule has 0 radical (unpaired) electrons. The van der Waals surface area contributed by atoms with Crippen molar-refractivity contribution in [1.29, 1.82) is 0 Å². The number of ketones is 1. The van der Waals surface area contributed by atoms with E-state index in [2.05, 4.69) is 10.3 Å². The first-order valence-corrected chi connectivity index (χ1v) is 7.00. The van der Waals surface area contributed by atoms with Gasteiger partial charge in [-0.3, -0.25) is 4.79 Å². The number of anilines is 2. The second-order valence-corrected chi connectivity index (χ2v) is 5.80. The average molecular weight is 296 g/mol. The molecule has 0 amide bonds. The van der Waals surface area contributed by atoms with E-state index in [1.807, 2.05) is 13.8 Å². The van der Waals surface area contributed by atoms with Crippen molar-refractivity contribution in [2.24, 2.45) is 0 Å². The number of aromatic nitrogens is 1. The van der Waals surface area contributed by atoms with Crippen LogP contribution in [-0.2, 0) is 0 Å². The lowest BCUT2D eigenvalue weighted by molar-refractivity contribution is 0.104. The number of rotatable bonds is 4. The number of nitrogens with two attached hydrogens (primary N) is 1. The van der Waals surface area contributed by atoms with Gasteiger partial charge in [0.2, 0.25) is 5.78 Å². The van der Waals surface area contributed by atoms with E-state index in [0.29, 0.717) is 20.6 Å². The van der Waals surface area contributed by atoms with Crippen LogP contribution in [0.3, 0.4) is 0 Å². The van der Waals surface area contributed by atoms with Gasteiger partial charge >= 0.3 is 0 Å². The molecule has 0 atom stereocenters. The van der Waals surface area contributed by atoms with Crippen molar-refractivity contribution in [3.63, 3.8) is 0 Å². The van der Waals surface area contributed by atoms with Crippen molar-refractivity contribution >= 4 is 39.7 Å². The molecule has 2 aromatic rings. The molecule has 0 bridgehead atoms. The van der Waals surface area contributed by atoms with Gasteiger partial charge in [0.05, 0.1) is 0 Å². The molecule has 0 fully saturated rings. The molecular formula is C13H14ClN3OS. The average Bonchev–Trinajstić information content (AvgIpc) is 2.69. The summed E-state index contributed by atoms with van der Waals surface area (Å²) in [5, 5.41) is 4.39. The summed E-state index contributed by atoms with van der Waals surface area (Å²) in [6.07, 6.45) is 0. The van der Waals surface area contributed by atoms with Crippen LogP contribution in [-0.4, -0.2) is 16.8 Å². The van der Waals surface area contributed by atoms with E-state index in [1.165, 1.54) is 11.3 Å². The van der Waals surface area contributed by atoms with Gasteiger partial charge in [-0.05, 0) is 38.1 Å². The highest BCUT2D eigenvalue weighted by molar-refractivity contribution is 7.18. The molecule has 1 aromatic carbocycles. The summed E-state index contributed by atoms with van der Waals surface area (Å²) in [5.74, 6) is 0.122. The third kappa shape index (κ3) is 3.24. The van der Waals surface area contributed by atoms with Crippen LogP contribution < -0.4 is 11.1 Å². The van der Waals surface area contributed by atoms with E-state index in [9.17, 15) is 4.79 Å². The van der Waals surface area contributed by atoms with Crippen molar-refractivity contribution in [2.75, 3.05) is 11.1 Å². The lowest BCUT2D eigenvalue weighted by Crippen LogP contribution is -2.09. The summed E-state index contributed by atoms with van der Waals surface area (Å²) in [5.41, 5.74) is 6.35. The predicted octanol–water partition coefficient (Wildman–Crippen LogP) is 3.43.